The van der Waals surface area contributed by atoms with Gasteiger partial charge >= 0.3 is 12.1 Å². The first-order valence-corrected chi connectivity index (χ1v) is 10.2. The number of aromatic carboxylic acids is 1. The van der Waals surface area contributed by atoms with Crippen LogP contribution in [-0.2, 0) is 11.3 Å². The van der Waals surface area contributed by atoms with Crippen molar-refractivity contribution in [1.29, 1.82) is 0 Å². The van der Waals surface area contributed by atoms with Crippen LogP contribution in [0.3, 0.4) is 0 Å². The summed E-state index contributed by atoms with van der Waals surface area (Å²) in [6.07, 6.45) is -0.680. The summed E-state index contributed by atoms with van der Waals surface area (Å²) in [5.41, 5.74) is 2.03. The Balaban J connectivity index is 1.66. The fourth-order valence-electron chi connectivity index (χ4n) is 3.59. The van der Waals surface area contributed by atoms with E-state index in [-0.39, 0.29) is 17.9 Å². The lowest BCUT2D eigenvalue weighted by molar-refractivity contribution is 0.0698. The van der Waals surface area contributed by atoms with Crippen LogP contribution in [0, 0.1) is 5.92 Å². The second-order valence-electron chi connectivity index (χ2n) is 7.90. The molecule has 7 nitrogen and oxygen atoms in total. The fourth-order valence-corrected chi connectivity index (χ4v) is 3.59. The van der Waals surface area contributed by atoms with Crippen LogP contribution in [0.4, 0.5) is 16.2 Å². The highest BCUT2D eigenvalue weighted by molar-refractivity contribution is 5.99. The molecule has 1 aliphatic heterocycles. The molecule has 2 aromatic carbocycles. The van der Waals surface area contributed by atoms with Crippen molar-refractivity contribution in [2.75, 3.05) is 42.9 Å². The third-order valence-corrected chi connectivity index (χ3v) is 5.04. The zero-order valence-corrected chi connectivity index (χ0v) is 17.5. The van der Waals surface area contributed by atoms with E-state index >= 15 is 0 Å². The molecule has 3 rings (SSSR count). The van der Waals surface area contributed by atoms with Crippen molar-refractivity contribution in [3.05, 3.63) is 59.7 Å². The van der Waals surface area contributed by atoms with Crippen molar-refractivity contribution in [2.24, 2.45) is 5.92 Å². The Morgan fingerprint density at radius 1 is 1.07 bits per heavy atom. The van der Waals surface area contributed by atoms with Gasteiger partial charge in [-0.1, -0.05) is 44.2 Å². The summed E-state index contributed by atoms with van der Waals surface area (Å²) >= 11 is 0. The number of piperazine rings is 1. The van der Waals surface area contributed by atoms with Crippen molar-refractivity contribution in [3.8, 4) is 0 Å². The molecule has 1 aliphatic rings. The molecule has 1 heterocycles. The summed E-state index contributed by atoms with van der Waals surface area (Å²) in [6.45, 7) is 9.26. The topological polar surface area (TPSA) is 82.1 Å². The summed E-state index contributed by atoms with van der Waals surface area (Å²) in [6, 6.07) is 14.4. The van der Waals surface area contributed by atoms with Gasteiger partial charge in [0.25, 0.3) is 0 Å². The minimum atomic E-state index is -1.10. The zero-order chi connectivity index (χ0) is 21.5. The van der Waals surface area contributed by atoms with E-state index in [1.165, 1.54) is 6.07 Å². The molecule has 0 spiro atoms. The van der Waals surface area contributed by atoms with E-state index in [0.717, 1.165) is 44.0 Å². The average molecular weight is 412 g/mol. The number of anilines is 2. The maximum atomic E-state index is 12.2. The third-order valence-electron chi connectivity index (χ3n) is 5.04. The van der Waals surface area contributed by atoms with Gasteiger partial charge in [-0.2, -0.15) is 0 Å². The third kappa shape index (κ3) is 5.97. The number of carbonyl (C=O) groups is 2. The Morgan fingerprint density at radius 3 is 2.40 bits per heavy atom. The number of ether oxygens (including phenoxy) is 1. The van der Waals surface area contributed by atoms with Gasteiger partial charge in [0.15, 0.2) is 0 Å². The lowest BCUT2D eigenvalue weighted by Gasteiger charge is -2.37. The van der Waals surface area contributed by atoms with E-state index in [0.29, 0.717) is 5.92 Å². The predicted octanol–water partition coefficient (Wildman–Crippen LogP) is 3.91. The van der Waals surface area contributed by atoms with Gasteiger partial charge in [-0.25, -0.2) is 9.59 Å². The number of rotatable bonds is 7. The first kappa shape index (κ1) is 21.6. The summed E-state index contributed by atoms with van der Waals surface area (Å²) in [7, 11) is 0. The number of nitrogens with zero attached hydrogens (tertiary/aromatic N) is 2. The van der Waals surface area contributed by atoms with Crippen LogP contribution in [0.5, 0.6) is 0 Å². The molecule has 2 N–H and O–H groups in total. The van der Waals surface area contributed by atoms with Crippen LogP contribution in [-0.4, -0.2) is 54.8 Å². The Morgan fingerprint density at radius 2 is 1.77 bits per heavy atom. The van der Waals surface area contributed by atoms with E-state index in [2.05, 4.69) is 29.0 Å². The monoisotopic (exact) mass is 411 g/mol. The number of carbonyl (C=O) groups excluding carboxylic acids is 1. The van der Waals surface area contributed by atoms with Crippen molar-refractivity contribution in [2.45, 2.75) is 20.5 Å². The van der Waals surface area contributed by atoms with E-state index in [4.69, 9.17) is 4.74 Å². The van der Waals surface area contributed by atoms with Gasteiger partial charge in [0.1, 0.15) is 6.61 Å². The molecule has 0 aliphatic carbocycles. The van der Waals surface area contributed by atoms with Crippen molar-refractivity contribution >= 4 is 23.4 Å². The molecule has 0 atom stereocenters. The number of carboxylic acid groups (broad SMARTS) is 1. The quantitative estimate of drug-likeness (QED) is 0.719. The molecular formula is C23H29N3O4. The van der Waals surface area contributed by atoms with Crippen molar-refractivity contribution in [3.63, 3.8) is 0 Å². The predicted molar refractivity (Wildman–Crippen MR) is 117 cm³/mol. The second-order valence-corrected chi connectivity index (χ2v) is 7.90. The molecule has 1 fully saturated rings. The van der Waals surface area contributed by atoms with Gasteiger partial charge in [0.2, 0.25) is 0 Å². The van der Waals surface area contributed by atoms with Crippen LogP contribution in [0.2, 0.25) is 0 Å². The maximum Gasteiger partial charge on any atom is 0.411 e. The lowest BCUT2D eigenvalue weighted by Crippen LogP contribution is -2.47. The van der Waals surface area contributed by atoms with Crippen LogP contribution in [0.1, 0.15) is 29.8 Å². The number of amides is 1. The fraction of sp³-hybridized carbons (Fsp3) is 0.391. The normalized spacial score (nSPS) is 14.6. The van der Waals surface area contributed by atoms with Crippen molar-refractivity contribution < 1.29 is 19.4 Å². The number of benzene rings is 2. The van der Waals surface area contributed by atoms with E-state index in [1.54, 1.807) is 12.1 Å². The van der Waals surface area contributed by atoms with E-state index < -0.39 is 12.1 Å². The summed E-state index contributed by atoms with van der Waals surface area (Å²) in [5, 5.41) is 12.1. The molecule has 1 saturated heterocycles. The molecule has 0 aromatic heterocycles. The Kier molecular flexibility index (Phi) is 7.30. The first-order chi connectivity index (χ1) is 14.4. The first-order valence-electron chi connectivity index (χ1n) is 10.2. The highest BCUT2D eigenvalue weighted by atomic mass is 16.5. The van der Waals surface area contributed by atoms with Gasteiger partial charge < -0.3 is 14.7 Å². The van der Waals surface area contributed by atoms with Gasteiger partial charge in [-0.05, 0) is 29.7 Å². The molecule has 0 radical (unpaired) electrons. The summed E-state index contributed by atoms with van der Waals surface area (Å²) in [4.78, 5) is 28.5. The highest BCUT2D eigenvalue weighted by Crippen LogP contribution is 2.25. The molecule has 0 unspecified atom stereocenters. The minimum Gasteiger partial charge on any atom is -0.478 e. The smallest absolute Gasteiger partial charge is 0.411 e. The van der Waals surface area contributed by atoms with Gasteiger partial charge in [-0.15, -0.1) is 0 Å². The van der Waals surface area contributed by atoms with Crippen LogP contribution in [0.15, 0.2) is 48.5 Å². The van der Waals surface area contributed by atoms with Crippen LogP contribution >= 0.6 is 0 Å². The van der Waals surface area contributed by atoms with Crippen LogP contribution in [0.25, 0.3) is 0 Å². The second kappa shape index (κ2) is 10.1. The minimum absolute atomic E-state index is 0.0360. The maximum absolute atomic E-state index is 12.2. The number of hydrogen-bond donors (Lipinski definition) is 2. The van der Waals surface area contributed by atoms with Crippen LogP contribution < -0.4 is 10.2 Å². The summed E-state index contributed by atoms with van der Waals surface area (Å²) in [5.74, 6) is -0.467. The SMILES string of the molecule is CC(C)CN1CCN(c2ccc(C(=O)O)c(NC(=O)OCc3ccccc3)c2)CC1. The molecule has 1 amide bonds. The largest absolute Gasteiger partial charge is 0.478 e. The molecule has 0 bridgehead atoms. The zero-order valence-electron chi connectivity index (χ0n) is 17.5. The Labute approximate surface area is 177 Å². The van der Waals surface area contributed by atoms with Gasteiger partial charge in [-0.3, -0.25) is 10.2 Å². The highest BCUT2D eigenvalue weighted by Gasteiger charge is 2.20. The van der Waals surface area contributed by atoms with E-state index in [9.17, 15) is 14.7 Å². The molecule has 7 heteroatoms. The van der Waals surface area contributed by atoms with E-state index in [1.807, 2.05) is 30.3 Å². The molecular weight excluding hydrogens is 382 g/mol. The number of hydrogen-bond acceptors (Lipinski definition) is 5. The van der Waals surface area contributed by atoms with Gasteiger partial charge in [0, 0.05) is 38.4 Å². The lowest BCUT2D eigenvalue weighted by atomic mass is 10.1. The molecule has 2 aromatic rings. The Hall–Kier alpha value is -3.06. The standard InChI is InChI=1S/C23H29N3O4/c1-17(2)15-25-10-12-26(13-11-25)19-8-9-20(22(27)28)21(14-19)24-23(29)30-16-18-6-4-3-5-7-18/h3-9,14,17H,10-13,15-16H2,1-2H3,(H,24,29)(H,27,28). The molecule has 0 saturated carbocycles. The van der Waals surface area contributed by atoms with Crippen molar-refractivity contribution in [1.82, 2.24) is 4.90 Å². The number of carboxylic acids is 1. The Bertz CT molecular complexity index is 862. The average Bonchev–Trinajstić information content (AvgIpc) is 2.73. The number of nitrogens with one attached hydrogen (secondary N) is 1. The van der Waals surface area contributed by atoms with Gasteiger partial charge in [0.05, 0.1) is 11.3 Å². The summed E-state index contributed by atoms with van der Waals surface area (Å²) < 4.78 is 5.24. The molecule has 30 heavy (non-hydrogen) atoms. The molecule has 160 valence electrons.